The number of anilines is 2. The van der Waals surface area contributed by atoms with Gasteiger partial charge >= 0.3 is 0 Å². The molecule has 0 saturated heterocycles. The average Bonchev–Trinajstić information content (AvgIpc) is 2.87. The van der Waals surface area contributed by atoms with Gasteiger partial charge in [0.15, 0.2) is 5.13 Å². The van der Waals surface area contributed by atoms with E-state index in [-0.39, 0.29) is 0 Å². The number of nitrogens with zero attached hydrogens (tertiary/aromatic N) is 1. The molecule has 20 heavy (non-hydrogen) atoms. The number of aromatic nitrogens is 1. The Kier molecular flexibility index (Phi) is 3.79. The molecule has 0 fully saturated rings. The molecule has 0 amide bonds. The smallest absolute Gasteiger partial charge is 0.187 e. The maximum absolute atomic E-state index is 4.44. The maximum Gasteiger partial charge on any atom is 0.187 e. The molecular formula is C17H16N2S. The van der Waals surface area contributed by atoms with E-state index in [0.29, 0.717) is 0 Å². The van der Waals surface area contributed by atoms with Crippen molar-refractivity contribution >= 4 is 22.2 Å². The van der Waals surface area contributed by atoms with Crippen LogP contribution in [0.2, 0.25) is 0 Å². The highest BCUT2D eigenvalue weighted by atomic mass is 32.1. The minimum Gasteiger partial charge on any atom is -0.332 e. The molecule has 0 unspecified atom stereocenters. The first-order chi connectivity index (χ1) is 9.79. The molecule has 3 heteroatoms. The van der Waals surface area contributed by atoms with Crippen LogP contribution in [-0.4, -0.2) is 4.98 Å². The second-order valence-corrected chi connectivity index (χ2v) is 5.90. The molecule has 1 aromatic heterocycles. The molecule has 2 nitrogen and oxygen atoms in total. The summed E-state index contributed by atoms with van der Waals surface area (Å²) in [6.45, 7) is 2.12. The van der Waals surface area contributed by atoms with Crippen molar-refractivity contribution in [3.8, 4) is 0 Å². The van der Waals surface area contributed by atoms with Gasteiger partial charge in [0, 0.05) is 23.2 Å². The largest absolute Gasteiger partial charge is 0.332 e. The predicted octanol–water partition coefficient (Wildman–Crippen LogP) is 4.79. The summed E-state index contributed by atoms with van der Waals surface area (Å²) in [5.41, 5.74) is 3.71. The van der Waals surface area contributed by atoms with Crippen molar-refractivity contribution < 1.29 is 0 Å². The molecule has 1 heterocycles. The molecule has 3 rings (SSSR count). The van der Waals surface area contributed by atoms with Crippen LogP contribution in [0.25, 0.3) is 0 Å². The second kappa shape index (κ2) is 5.88. The first kappa shape index (κ1) is 12.9. The Morgan fingerprint density at radius 1 is 1.05 bits per heavy atom. The van der Waals surface area contributed by atoms with Crippen molar-refractivity contribution in [2.24, 2.45) is 0 Å². The van der Waals surface area contributed by atoms with Crippen molar-refractivity contribution in [1.82, 2.24) is 4.98 Å². The van der Waals surface area contributed by atoms with Gasteiger partial charge in [-0.3, -0.25) is 0 Å². The molecule has 0 aliphatic carbocycles. The first-order valence-electron chi connectivity index (χ1n) is 6.62. The summed E-state index contributed by atoms with van der Waals surface area (Å²) in [5.74, 6) is 0. The summed E-state index contributed by atoms with van der Waals surface area (Å²) < 4.78 is 0. The highest BCUT2D eigenvalue weighted by molar-refractivity contribution is 7.15. The molecule has 0 atom stereocenters. The van der Waals surface area contributed by atoms with Crippen molar-refractivity contribution in [2.45, 2.75) is 13.3 Å². The van der Waals surface area contributed by atoms with Crippen molar-refractivity contribution in [3.05, 3.63) is 76.8 Å². The fourth-order valence-electron chi connectivity index (χ4n) is 2.12. The van der Waals surface area contributed by atoms with E-state index in [1.807, 2.05) is 36.5 Å². The topological polar surface area (TPSA) is 24.9 Å². The molecule has 100 valence electrons. The standard InChI is InChI=1S/C17H16N2S/c1-13-6-5-7-14(10-13)11-16-12-18-17(20-16)19-15-8-3-2-4-9-15/h2-10,12H,11H2,1H3,(H,18,19). The van der Waals surface area contributed by atoms with E-state index < -0.39 is 0 Å². The van der Waals surface area contributed by atoms with Crippen LogP contribution in [0.4, 0.5) is 10.8 Å². The van der Waals surface area contributed by atoms with Crippen LogP contribution < -0.4 is 5.32 Å². The van der Waals surface area contributed by atoms with Gasteiger partial charge in [0.2, 0.25) is 0 Å². The fourth-order valence-corrected chi connectivity index (χ4v) is 2.98. The monoisotopic (exact) mass is 280 g/mol. The third-order valence-corrected chi connectivity index (χ3v) is 3.95. The third kappa shape index (κ3) is 3.25. The van der Waals surface area contributed by atoms with Crippen LogP contribution in [0.3, 0.4) is 0 Å². The number of aryl methyl sites for hydroxylation is 1. The van der Waals surface area contributed by atoms with Gasteiger partial charge in [-0.2, -0.15) is 0 Å². The van der Waals surface area contributed by atoms with Crippen LogP contribution in [0.15, 0.2) is 60.8 Å². The minimum atomic E-state index is 0.940. The zero-order valence-corrected chi connectivity index (χ0v) is 12.2. The lowest BCUT2D eigenvalue weighted by molar-refractivity contribution is 1.20. The average molecular weight is 280 g/mol. The van der Waals surface area contributed by atoms with Crippen LogP contribution in [0.1, 0.15) is 16.0 Å². The van der Waals surface area contributed by atoms with E-state index in [2.05, 4.69) is 41.5 Å². The molecule has 0 spiro atoms. The Labute approximate surface area is 123 Å². The van der Waals surface area contributed by atoms with E-state index in [4.69, 9.17) is 0 Å². The molecule has 3 aromatic rings. The maximum atomic E-state index is 4.44. The number of nitrogens with one attached hydrogen (secondary N) is 1. The number of hydrogen-bond donors (Lipinski definition) is 1. The number of para-hydroxylation sites is 1. The Hall–Kier alpha value is -2.13. The highest BCUT2D eigenvalue weighted by Gasteiger charge is 2.03. The molecule has 2 aromatic carbocycles. The summed E-state index contributed by atoms with van der Waals surface area (Å²) in [4.78, 5) is 5.71. The lowest BCUT2D eigenvalue weighted by Crippen LogP contribution is -1.87. The summed E-state index contributed by atoms with van der Waals surface area (Å²) >= 11 is 1.71. The zero-order chi connectivity index (χ0) is 13.8. The Morgan fingerprint density at radius 3 is 2.70 bits per heavy atom. The van der Waals surface area contributed by atoms with Gasteiger partial charge in [-0.25, -0.2) is 4.98 Å². The van der Waals surface area contributed by atoms with E-state index >= 15 is 0 Å². The van der Waals surface area contributed by atoms with E-state index in [1.54, 1.807) is 11.3 Å². The second-order valence-electron chi connectivity index (χ2n) is 4.79. The van der Waals surface area contributed by atoms with Crippen LogP contribution in [0, 0.1) is 6.92 Å². The predicted molar refractivity (Wildman–Crippen MR) is 85.8 cm³/mol. The molecule has 0 aliphatic rings. The lowest BCUT2D eigenvalue weighted by atomic mass is 10.1. The van der Waals surface area contributed by atoms with Crippen molar-refractivity contribution in [3.63, 3.8) is 0 Å². The highest BCUT2D eigenvalue weighted by Crippen LogP contribution is 2.24. The lowest BCUT2D eigenvalue weighted by Gasteiger charge is -2.01. The van der Waals surface area contributed by atoms with Gasteiger partial charge < -0.3 is 5.32 Å². The van der Waals surface area contributed by atoms with Crippen LogP contribution >= 0.6 is 11.3 Å². The van der Waals surface area contributed by atoms with Gasteiger partial charge in [0.1, 0.15) is 0 Å². The fraction of sp³-hybridized carbons (Fsp3) is 0.118. The quantitative estimate of drug-likeness (QED) is 0.743. The Morgan fingerprint density at radius 2 is 1.90 bits per heavy atom. The van der Waals surface area contributed by atoms with E-state index in [1.165, 1.54) is 16.0 Å². The molecule has 1 N–H and O–H groups in total. The van der Waals surface area contributed by atoms with Gasteiger partial charge in [0.05, 0.1) is 0 Å². The number of benzene rings is 2. The number of thiazole rings is 1. The molecular weight excluding hydrogens is 264 g/mol. The van der Waals surface area contributed by atoms with Gasteiger partial charge in [-0.15, -0.1) is 11.3 Å². The van der Waals surface area contributed by atoms with E-state index in [0.717, 1.165) is 17.2 Å². The van der Waals surface area contributed by atoms with Gasteiger partial charge in [-0.05, 0) is 24.6 Å². The van der Waals surface area contributed by atoms with E-state index in [9.17, 15) is 0 Å². The van der Waals surface area contributed by atoms with Crippen molar-refractivity contribution in [2.75, 3.05) is 5.32 Å². The summed E-state index contributed by atoms with van der Waals surface area (Å²) in [5, 5.41) is 4.27. The van der Waals surface area contributed by atoms with Crippen molar-refractivity contribution in [1.29, 1.82) is 0 Å². The Bertz CT molecular complexity index is 689. The molecule has 0 saturated carbocycles. The number of rotatable bonds is 4. The van der Waals surface area contributed by atoms with Crippen LogP contribution in [-0.2, 0) is 6.42 Å². The molecule has 0 radical (unpaired) electrons. The third-order valence-electron chi connectivity index (χ3n) is 3.04. The first-order valence-corrected chi connectivity index (χ1v) is 7.43. The number of hydrogen-bond acceptors (Lipinski definition) is 3. The summed E-state index contributed by atoms with van der Waals surface area (Å²) in [6, 6.07) is 18.8. The zero-order valence-electron chi connectivity index (χ0n) is 11.3. The minimum absolute atomic E-state index is 0.940. The van der Waals surface area contributed by atoms with Gasteiger partial charge in [0.25, 0.3) is 0 Å². The molecule has 0 bridgehead atoms. The van der Waals surface area contributed by atoms with Gasteiger partial charge in [-0.1, -0.05) is 48.0 Å². The SMILES string of the molecule is Cc1cccc(Cc2cnc(Nc3ccccc3)s2)c1. The summed E-state index contributed by atoms with van der Waals surface area (Å²) in [7, 11) is 0. The Balaban J connectivity index is 1.71. The van der Waals surface area contributed by atoms with Crippen LogP contribution in [0.5, 0.6) is 0 Å². The summed E-state index contributed by atoms with van der Waals surface area (Å²) in [6.07, 6.45) is 2.90. The molecule has 0 aliphatic heterocycles. The normalized spacial score (nSPS) is 10.4.